The molecule has 0 atom stereocenters. The van der Waals surface area contributed by atoms with Crippen molar-refractivity contribution in [3.8, 4) is 16.9 Å². The van der Waals surface area contributed by atoms with E-state index < -0.39 is 11.8 Å². The molecule has 4 aromatic rings. The van der Waals surface area contributed by atoms with Gasteiger partial charge < -0.3 is 19.4 Å². The van der Waals surface area contributed by atoms with E-state index >= 15 is 0 Å². The highest BCUT2D eigenvalue weighted by molar-refractivity contribution is 5.76. The second kappa shape index (κ2) is 11.5. The number of hydrogen-bond acceptors (Lipinski definition) is 6. The standard InChI is InChI=1S/C30H36N4O3/c1-6-8-13-27-32-24-18-19-26(31-7-2)33-28(24)34(27)20-21-14-16-22(17-15-21)23-11-9-10-12-25(23)36-29(35)37-30(3,4)5/h9-12,14-19H,6-8,13,20H2,1-5H3,(H,31,33). The lowest BCUT2D eigenvalue weighted by Gasteiger charge is -2.19. The van der Waals surface area contributed by atoms with Gasteiger partial charge in [0.05, 0.1) is 6.54 Å². The Hall–Kier alpha value is -3.87. The number of fused-ring (bicyclic) bond motifs is 1. The molecule has 0 saturated heterocycles. The summed E-state index contributed by atoms with van der Waals surface area (Å²) in [6, 6.07) is 19.8. The molecule has 37 heavy (non-hydrogen) atoms. The Kier molecular flexibility index (Phi) is 8.11. The molecule has 0 bridgehead atoms. The van der Waals surface area contributed by atoms with Crippen LogP contribution in [0.2, 0.25) is 0 Å². The number of ether oxygens (including phenoxy) is 2. The van der Waals surface area contributed by atoms with E-state index in [9.17, 15) is 4.79 Å². The first-order valence-electron chi connectivity index (χ1n) is 13.0. The summed E-state index contributed by atoms with van der Waals surface area (Å²) in [6.45, 7) is 11.2. The molecule has 2 heterocycles. The van der Waals surface area contributed by atoms with Gasteiger partial charge in [0.2, 0.25) is 0 Å². The van der Waals surface area contributed by atoms with Crippen molar-refractivity contribution in [1.82, 2.24) is 14.5 Å². The third-order valence-corrected chi connectivity index (χ3v) is 5.86. The van der Waals surface area contributed by atoms with Gasteiger partial charge in [-0.3, -0.25) is 0 Å². The molecule has 2 aromatic heterocycles. The maximum Gasteiger partial charge on any atom is 0.514 e. The van der Waals surface area contributed by atoms with Crippen LogP contribution in [0.3, 0.4) is 0 Å². The monoisotopic (exact) mass is 500 g/mol. The van der Waals surface area contributed by atoms with E-state index in [1.54, 1.807) is 6.07 Å². The highest BCUT2D eigenvalue weighted by Crippen LogP contribution is 2.31. The van der Waals surface area contributed by atoms with E-state index in [0.29, 0.717) is 12.3 Å². The third-order valence-electron chi connectivity index (χ3n) is 5.86. The topological polar surface area (TPSA) is 78.3 Å². The number of benzene rings is 2. The molecule has 0 fully saturated rings. The number of aromatic nitrogens is 3. The number of carbonyl (C=O) groups excluding carboxylic acids is 1. The number of rotatable bonds is 9. The van der Waals surface area contributed by atoms with Gasteiger partial charge in [0.25, 0.3) is 0 Å². The van der Waals surface area contributed by atoms with Crippen LogP contribution >= 0.6 is 0 Å². The van der Waals surface area contributed by atoms with Crippen molar-refractivity contribution < 1.29 is 14.3 Å². The predicted octanol–water partition coefficient (Wildman–Crippen LogP) is 7.23. The fourth-order valence-corrected chi connectivity index (χ4v) is 4.15. The molecule has 0 radical (unpaired) electrons. The minimum atomic E-state index is -0.715. The van der Waals surface area contributed by atoms with Crippen LogP contribution in [0.4, 0.5) is 10.6 Å². The van der Waals surface area contributed by atoms with Crippen molar-refractivity contribution >= 4 is 23.1 Å². The second-order valence-corrected chi connectivity index (χ2v) is 10.0. The third kappa shape index (κ3) is 6.67. The SMILES string of the molecule is CCCCc1nc2ccc(NCC)nc2n1Cc1ccc(-c2ccccc2OC(=O)OC(C)(C)C)cc1. The van der Waals surface area contributed by atoms with Gasteiger partial charge in [-0.25, -0.2) is 14.8 Å². The highest BCUT2D eigenvalue weighted by atomic mass is 16.7. The van der Waals surface area contributed by atoms with Crippen LogP contribution in [0.5, 0.6) is 5.75 Å². The number of pyridine rings is 1. The van der Waals surface area contributed by atoms with Gasteiger partial charge in [-0.2, -0.15) is 0 Å². The zero-order chi connectivity index (χ0) is 26.4. The summed E-state index contributed by atoms with van der Waals surface area (Å²) in [5.41, 5.74) is 4.11. The summed E-state index contributed by atoms with van der Waals surface area (Å²) in [5.74, 6) is 2.38. The van der Waals surface area contributed by atoms with Gasteiger partial charge >= 0.3 is 6.16 Å². The molecular weight excluding hydrogens is 464 g/mol. The van der Waals surface area contributed by atoms with Crippen molar-refractivity contribution in [3.05, 3.63) is 72.1 Å². The van der Waals surface area contributed by atoms with Crippen LogP contribution in [0.25, 0.3) is 22.3 Å². The lowest BCUT2D eigenvalue weighted by atomic mass is 10.0. The molecule has 194 valence electrons. The fraction of sp³-hybridized carbons (Fsp3) is 0.367. The van der Waals surface area contributed by atoms with Crippen LogP contribution in [0.15, 0.2) is 60.7 Å². The van der Waals surface area contributed by atoms with Crippen molar-refractivity contribution in [2.75, 3.05) is 11.9 Å². The molecule has 0 unspecified atom stereocenters. The minimum absolute atomic E-state index is 0.465. The largest absolute Gasteiger partial charge is 0.514 e. The van der Waals surface area contributed by atoms with Crippen LogP contribution < -0.4 is 10.1 Å². The quantitative estimate of drug-likeness (QED) is 0.193. The highest BCUT2D eigenvalue weighted by Gasteiger charge is 2.19. The van der Waals surface area contributed by atoms with Crippen LogP contribution in [-0.2, 0) is 17.7 Å². The van der Waals surface area contributed by atoms with Crippen LogP contribution in [0, 0.1) is 0 Å². The summed E-state index contributed by atoms with van der Waals surface area (Å²) >= 11 is 0. The number of nitrogens with zero attached hydrogens (tertiary/aromatic N) is 3. The molecule has 0 aliphatic heterocycles. The molecule has 0 saturated carbocycles. The smallest absolute Gasteiger partial charge is 0.428 e. The number of unbranched alkanes of at least 4 members (excludes halogenated alkanes) is 1. The number of aryl methyl sites for hydroxylation is 1. The summed E-state index contributed by atoms with van der Waals surface area (Å²) in [6.07, 6.45) is 2.39. The molecule has 7 nitrogen and oxygen atoms in total. The average molecular weight is 501 g/mol. The molecule has 0 spiro atoms. The van der Waals surface area contributed by atoms with Gasteiger partial charge in [0, 0.05) is 18.5 Å². The van der Waals surface area contributed by atoms with Gasteiger partial charge in [-0.05, 0) is 63.4 Å². The van der Waals surface area contributed by atoms with E-state index in [0.717, 1.165) is 65.3 Å². The number of imidazole rings is 1. The Morgan fingerprint density at radius 2 is 1.73 bits per heavy atom. The van der Waals surface area contributed by atoms with E-state index in [1.807, 2.05) is 51.1 Å². The fourth-order valence-electron chi connectivity index (χ4n) is 4.15. The maximum atomic E-state index is 12.3. The number of hydrogen-bond donors (Lipinski definition) is 1. The molecule has 1 N–H and O–H groups in total. The summed E-state index contributed by atoms with van der Waals surface area (Å²) in [7, 11) is 0. The lowest BCUT2D eigenvalue weighted by molar-refractivity contribution is 0.0207. The normalized spacial score (nSPS) is 11.5. The Balaban J connectivity index is 1.60. The van der Waals surface area contributed by atoms with Gasteiger partial charge in [0.15, 0.2) is 5.65 Å². The average Bonchev–Trinajstić information content (AvgIpc) is 3.19. The minimum Gasteiger partial charge on any atom is -0.428 e. The molecule has 0 amide bonds. The maximum absolute atomic E-state index is 12.3. The van der Waals surface area contributed by atoms with E-state index in [-0.39, 0.29) is 0 Å². The molecule has 0 aliphatic rings. The van der Waals surface area contributed by atoms with Crippen LogP contribution in [0.1, 0.15) is 58.8 Å². The summed E-state index contributed by atoms with van der Waals surface area (Å²) < 4.78 is 13.1. The molecule has 7 heteroatoms. The van der Waals surface area contributed by atoms with Crippen molar-refractivity contribution in [1.29, 1.82) is 0 Å². The zero-order valence-electron chi connectivity index (χ0n) is 22.4. The Morgan fingerprint density at radius 3 is 2.43 bits per heavy atom. The van der Waals surface area contributed by atoms with E-state index in [4.69, 9.17) is 19.4 Å². The van der Waals surface area contributed by atoms with Gasteiger partial charge in [0.1, 0.15) is 28.5 Å². The number of anilines is 1. The first-order chi connectivity index (χ1) is 17.8. The summed E-state index contributed by atoms with van der Waals surface area (Å²) in [4.78, 5) is 22.0. The zero-order valence-corrected chi connectivity index (χ0v) is 22.4. The van der Waals surface area contributed by atoms with E-state index in [2.05, 4.69) is 48.0 Å². The van der Waals surface area contributed by atoms with Crippen molar-refractivity contribution in [2.24, 2.45) is 0 Å². The van der Waals surface area contributed by atoms with E-state index in [1.165, 1.54) is 0 Å². The van der Waals surface area contributed by atoms with Crippen LogP contribution in [-0.4, -0.2) is 32.8 Å². The van der Waals surface area contributed by atoms with Crippen molar-refractivity contribution in [2.45, 2.75) is 66.0 Å². The Morgan fingerprint density at radius 1 is 0.973 bits per heavy atom. The van der Waals surface area contributed by atoms with Crippen molar-refractivity contribution in [3.63, 3.8) is 0 Å². The second-order valence-electron chi connectivity index (χ2n) is 10.0. The molecule has 4 rings (SSSR count). The summed E-state index contributed by atoms with van der Waals surface area (Å²) in [5, 5.41) is 3.30. The number of nitrogens with one attached hydrogen (secondary N) is 1. The lowest BCUT2D eigenvalue weighted by Crippen LogP contribution is -2.26. The molecule has 2 aromatic carbocycles. The number of carbonyl (C=O) groups is 1. The Labute approximate surface area is 218 Å². The van der Waals surface area contributed by atoms with Gasteiger partial charge in [-0.15, -0.1) is 0 Å². The Bertz CT molecular complexity index is 1350. The van der Waals surface area contributed by atoms with Gasteiger partial charge in [-0.1, -0.05) is 55.8 Å². The number of para-hydroxylation sites is 1. The molecular formula is C30H36N4O3. The molecule has 0 aliphatic carbocycles. The predicted molar refractivity (Wildman–Crippen MR) is 148 cm³/mol. The first kappa shape index (κ1) is 26.2. The first-order valence-corrected chi connectivity index (χ1v) is 13.0.